The zero-order valence-electron chi connectivity index (χ0n) is 15.8. The van der Waals surface area contributed by atoms with Gasteiger partial charge in [-0.25, -0.2) is 9.18 Å². The molecule has 154 valence electrons. The van der Waals surface area contributed by atoms with Gasteiger partial charge in [-0.2, -0.15) is 0 Å². The van der Waals surface area contributed by atoms with Crippen molar-refractivity contribution < 1.29 is 23.8 Å². The number of nitrogens with one attached hydrogen (secondary N) is 3. The second-order valence-electron chi connectivity index (χ2n) is 7.45. The Labute approximate surface area is 164 Å². The van der Waals surface area contributed by atoms with Crippen LogP contribution in [0.4, 0.5) is 14.9 Å². The summed E-state index contributed by atoms with van der Waals surface area (Å²) in [6.07, 6.45) is 4.47. The van der Waals surface area contributed by atoms with Crippen molar-refractivity contribution in [3.05, 3.63) is 30.1 Å². The maximum Gasteiger partial charge on any atom is 0.319 e. The highest BCUT2D eigenvalue weighted by molar-refractivity contribution is 5.89. The Morgan fingerprint density at radius 2 is 1.96 bits per heavy atom. The van der Waals surface area contributed by atoms with Gasteiger partial charge < -0.3 is 25.8 Å². The van der Waals surface area contributed by atoms with Gasteiger partial charge in [-0.3, -0.25) is 4.79 Å². The standard InChI is InChI=1S/C20H28FN3O4/c21-15-6-1-2-7-16(15)23-20(27)24-17-9-8-14(28-18(17)12-25)10-11-22-19(26)13-4-3-5-13/h1-2,6-7,13-14,17-18,25H,3-5,8-12H2,(H,22,26)(H2,23,24,27)/t14-,17-,18-/m0/s1. The second-order valence-corrected chi connectivity index (χ2v) is 7.45. The van der Waals surface area contributed by atoms with Gasteiger partial charge in [0.2, 0.25) is 5.91 Å². The van der Waals surface area contributed by atoms with Crippen LogP contribution in [0.2, 0.25) is 0 Å². The number of aliphatic hydroxyl groups excluding tert-OH is 1. The van der Waals surface area contributed by atoms with Crippen LogP contribution in [-0.4, -0.2) is 48.4 Å². The first-order valence-electron chi connectivity index (χ1n) is 9.93. The zero-order valence-corrected chi connectivity index (χ0v) is 15.8. The molecule has 2 fully saturated rings. The molecule has 3 rings (SSSR count). The van der Waals surface area contributed by atoms with E-state index in [1.165, 1.54) is 12.1 Å². The van der Waals surface area contributed by atoms with Crippen LogP contribution in [0.15, 0.2) is 24.3 Å². The molecule has 0 aromatic heterocycles. The van der Waals surface area contributed by atoms with Gasteiger partial charge in [0.15, 0.2) is 0 Å². The number of hydrogen-bond donors (Lipinski definition) is 4. The van der Waals surface area contributed by atoms with E-state index < -0.39 is 18.0 Å². The molecule has 1 aromatic carbocycles. The molecule has 1 saturated carbocycles. The molecule has 4 N–H and O–H groups in total. The highest BCUT2D eigenvalue weighted by atomic mass is 19.1. The zero-order chi connectivity index (χ0) is 19.9. The van der Waals surface area contributed by atoms with Crippen molar-refractivity contribution in [2.24, 2.45) is 5.92 Å². The van der Waals surface area contributed by atoms with E-state index in [0.717, 1.165) is 19.3 Å². The molecular formula is C20H28FN3O4. The van der Waals surface area contributed by atoms with Gasteiger partial charge in [0.1, 0.15) is 11.9 Å². The first kappa shape index (κ1) is 20.5. The summed E-state index contributed by atoms with van der Waals surface area (Å²) in [6, 6.07) is 5.02. The predicted molar refractivity (Wildman–Crippen MR) is 102 cm³/mol. The van der Waals surface area contributed by atoms with Crippen molar-refractivity contribution in [1.82, 2.24) is 10.6 Å². The second kappa shape index (κ2) is 9.84. The number of amides is 3. The van der Waals surface area contributed by atoms with Gasteiger partial charge >= 0.3 is 6.03 Å². The molecule has 3 amide bonds. The minimum absolute atomic E-state index is 0.0773. The van der Waals surface area contributed by atoms with E-state index in [-0.39, 0.29) is 36.3 Å². The number of halogens is 1. The number of urea groups is 1. The lowest BCUT2D eigenvalue weighted by molar-refractivity contribution is -0.127. The maximum absolute atomic E-state index is 13.6. The van der Waals surface area contributed by atoms with Crippen molar-refractivity contribution in [2.45, 2.75) is 56.8 Å². The molecular weight excluding hydrogens is 365 g/mol. The van der Waals surface area contributed by atoms with E-state index in [1.54, 1.807) is 12.1 Å². The minimum Gasteiger partial charge on any atom is -0.394 e. The summed E-state index contributed by atoms with van der Waals surface area (Å²) in [5.41, 5.74) is 0.0948. The summed E-state index contributed by atoms with van der Waals surface area (Å²) >= 11 is 0. The molecule has 0 unspecified atom stereocenters. The molecule has 0 bridgehead atoms. The third-order valence-electron chi connectivity index (χ3n) is 5.48. The summed E-state index contributed by atoms with van der Waals surface area (Å²) < 4.78 is 19.5. The first-order valence-corrected chi connectivity index (χ1v) is 9.93. The number of ether oxygens (including phenoxy) is 1. The lowest BCUT2D eigenvalue weighted by Crippen LogP contribution is -2.52. The summed E-state index contributed by atoms with van der Waals surface area (Å²) in [5.74, 6) is -0.232. The van der Waals surface area contributed by atoms with Crippen molar-refractivity contribution >= 4 is 17.6 Å². The lowest BCUT2D eigenvalue weighted by Gasteiger charge is -2.36. The fourth-order valence-corrected chi connectivity index (χ4v) is 3.57. The van der Waals surface area contributed by atoms with Crippen LogP contribution in [0.25, 0.3) is 0 Å². The highest BCUT2D eigenvalue weighted by Crippen LogP contribution is 2.26. The topological polar surface area (TPSA) is 99.7 Å². The molecule has 0 radical (unpaired) electrons. The fourth-order valence-electron chi connectivity index (χ4n) is 3.57. The van der Waals surface area contributed by atoms with E-state index in [9.17, 15) is 19.1 Å². The largest absolute Gasteiger partial charge is 0.394 e. The Bertz CT molecular complexity index is 683. The average molecular weight is 393 g/mol. The molecule has 2 aliphatic rings. The number of benzene rings is 1. The summed E-state index contributed by atoms with van der Waals surface area (Å²) in [7, 11) is 0. The fraction of sp³-hybridized carbons (Fsp3) is 0.600. The summed E-state index contributed by atoms with van der Waals surface area (Å²) in [4.78, 5) is 24.0. The molecule has 28 heavy (non-hydrogen) atoms. The van der Waals surface area contributed by atoms with Gasteiger partial charge in [-0.1, -0.05) is 18.6 Å². The third kappa shape index (κ3) is 5.42. The Morgan fingerprint density at radius 1 is 1.18 bits per heavy atom. The Balaban J connectivity index is 1.41. The highest BCUT2D eigenvalue weighted by Gasteiger charge is 2.32. The average Bonchev–Trinajstić information content (AvgIpc) is 2.63. The maximum atomic E-state index is 13.6. The van der Waals surface area contributed by atoms with Gasteiger partial charge in [-0.05, 0) is 44.2 Å². The van der Waals surface area contributed by atoms with Crippen LogP contribution >= 0.6 is 0 Å². The lowest BCUT2D eigenvalue weighted by atomic mass is 9.85. The number of anilines is 1. The number of rotatable bonds is 7. The molecule has 1 heterocycles. The summed E-state index contributed by atoms with van der Waals surface area (Å²) in [6.45, 7) is 0.319. The third-order valence-corrected chi connectivity index (χ3v) is 5.48. The Morgan fingerprint density at radius 3 is 2.64 bits per heavy atom. The van der Waals surface area contributed by atoms with Crippen LogP contribution in [0.5, 0.6) is 0 Å². The SMILES string of the molecule is O=C(Nc1ccccc1F)N[C@H]1CC[C@@H](CCNC(=O)C2CCC2)O[C@H]1CO. The normalized spacial score (nSPS) is 24.9. The molecule has 1 aliphatic heterocycles. The minimum atomic E-state index is -0.539. The molecule has 3 atom stereocenters. The summed E-state index contributed by atoms with van der Waals surface area (Å²) in [5, 5.41) is 17.8. The monoisotopic (exact) mass is 393 g/mol. The van der Waals surface area contributed by atoms with Gasteiger partial charge in [-0.15, -0.1) is 0 Å². The van der Waals surface area contributed by atoms with E-state index in [2.05, 4.69) is 16.0 Å². The van der Waals surface area contributed by atoms with Crippen LogP contribution in [0.1, 0.15) is 38.5 Å². The van der Waals surface area contributed by atoms with Crippen molar-refractivity contribution in [3.8, 4) is 0 Å². The van der Waals surface area contributed by atoms with E-state index >= 15 is 0 Å². The Hall–Kier alpha value is -2.19. The van der Waals surface area contributed by atoms with E-state index in [1.807, 2.05) is 0 Å². The molecule has 1 saturated heterocycles. The quantitative estimate of drug-likeness (QED) is 0.570. The van der Waals surface area contributed by atoms with Gasteiger partial charge in [0.25, 0.3) is 0 Å². The molecule has 1 aliphatic carbocycles. The van der Waals surface area contributed by atoms with Crippen molar-refractivity contribution in [2.75, 3.05) is 18.5 Å². The molecule has 7 nitrogen and oxygen atoms in total. The first-order chi connectivity index (χ1) is 13.6. The number of aliphatic hydroxyl groups is 1. The van der Waals surface area contributed by atoms with E-state index in [0.29, 0.717) is 25.8 Å². The number of carbonyl (C=O) groups is 2. The van der Waals surface area contributed by atoms with Crippen LogP contribution in [-0.2, 0) is 9.53 Å². The van der Waals surface area contributed by atoms with Crippen molar-refractivity contribution in [3.63, 3.8) is 0 Å². The van der Waals surface area contributed by atoms with Crippen molar-refractivity contribution in [1.29, 1.82) is 0 Å². The molecule has 0 spiro atoms. The molecule has 8 heteroatoms. The number of para-hydroxylation sites is 1. The van der Waals surface area contributed by atoms with Crippen LogP contribution in [0.3, 0.4) is 0 Å². The van der Waals surface area contributed by atoms with Crippen LogP contribution < -0.4 is 16.0 Å². The van der Waals surface area contributed by atoms with Gasteiger partial charge in [0, 0.05) is 12.5 Å². The number of carbonyl (C=O) groups excluding carboxylic acids is 2. The molecule has 1 aromatic rings. The van der Waals surface area contributed by atoms with Crippen LogP contribution in [0, 0.1) is 11.7 Å². The smallest absolute Gasteiger partial charge is 0.319 e. The predicted octanol–water partition coefficient (Wildman–Crippen LogP) is 2.16. The number of hydrogen-bond acceptors (Lipinski definition) is 4. The van der Waals surface area contributed by atoms with Gasteiger partial charge in [0.05, 0.1) is 24.4 Å². The van der Waals surface area contributed by atoms with E-state index in [4.69, 9.17) is 4.74 Å². The Kier molecular flexibility index (Phi) is 7.22.